The molecule has 0 amide bonds. The minimum atomic E-state index is -0.714. The maximum absolute atomic E-state index is 11.9. The van der Waals surface area contributed by atoms with Crippen LogP contribution >= 0.6 is 11.6 Å². The van der Waals surface area contributed by atoms with Crippen LogP contribution in [0.5, 0.6) is 11.5 Å². The van der Waals surface area contributed by atoms with Crippen molar-refractivity contribution in [2.75, 3.05) is 0 Å². The van der Waals surface area contributed by atoms with Crippen LogP contribution in [-0.2, 0) is 16.0 Å². The Hall–Kier alpha value is -2.31. The maximum atomic E-state index is 11.9. The Bertz CT molecular complexity index is 915. The fourth-order valence-corrected chi connectivity index (χ4v) is 3.67. The van der Waals surface area contributed by atoms with Crippen molar-refractivity contribution in [3.8, 4) is 11.5 Å². The highest BCUT2D eigenvalue weighted by Gasteiger charge is 2.40. The number of allylic oxidation sites excluding steroid dienone is 3. The normalized spacial score (nSPS) is 19.8. The van der Waals surface area contributed by atoms with Crippen LogP contribution in [0.4, 0.5) is 0 Å². The first-order valence-corrected chi connectivity index (χ1v) is 10.3. The number of oxime groups is 1. The number of rotatable bonds is 7. The van der Waals surface area contributed by atoms with Gasteiger partial charge in [-0.05, 0) is 65.0 Å². The van der Waals surface area contributed by atoms with Gasteiger partial charge in [-0.15, -0.1) is 0 Å². The summed E-state index contributed by atoms with van der Waals surface area (Å²) in [5.41, 5.74) is 2.41. The number of aromatic hydroxyl groups is 2. The predicted octanol–water partition coefficient (Wildman–Crippen LogP) is 5.22. The molecule has 0 spiro atoms. The molecule has 30 heavy (non-hydrogen) atoms. The van der Waals surface area contributed by atoms with Gasteiger partial charge in [0.2, 0.25) is 0 Å². The third-order valence-corrected chi connectivity index (χ3v) is 6.06. The average molecular weight is 436 g/mol. The largest absolute Gasteiger partial charge is 0.507 e. The van der Waals surface area contributed by atoms with E-state index < -0.39 is 5.60 Å². The van der Waals surface area contributed by atoms with Crippen molar-refractivity contribution < 1.29 is 25.0 Å². The molecule has 1 aliphatic rings. The molecule has 164 valence electrons. The Morgan fingerprint density at radius 3 is 2.50 bits per heavy atom. The summed E-state index contributed by atoms with van der Waals surface area (Å²) in [4.78, 5) is 11.9. The second-order valence-corrected chi connectivity index (χ2v) is 8.64. The maximum Gasteiger partial charge on any atom is 0.167 e. The molecule has 0 aromatic heterocycles. The number of benzene rings is 1. The Labute approximate surface area is 182 Å². The van der Waals surface area contributed by atoms with Gasteiger partial charge in [-0.2, -0.15) is 0 Å². The lowest BCUT2D eigenvalue weighted by Crippen LogP contribution is -2.27. The van der Waals surface area contributed by atoms with Crippen LogP contribution in [0.15, 0.2) is 28.5 Å². The van der Waals surface area contributed by atoms with Gasteiger partial charge < -0.3 is 20.2 Å². The Kier molecular flexibility index (Phi) is 7.72. The van der Waals surface area contributed by atoms with E-state index in [1.807, 2.05) is 19.9 Å². The van der Waals surface area contributed by atoms with Crippen LogP contribution in [0.1, 0.15) is 63.6 Å². The molecular formula is C23H30ClNO5. The molecule has 1 saturated heterocycles. The number of phenolic OH excluding ortho intramolecular Hbond substituents is 2. The molecular weight excluding hydrogens is 406 g/mol. The van der Waals surface area contributed by atoms with E-state index in [0.29, 0.717) is 12.0 Å². The van der Waals surface area contributed by atoms with E-state index in [-0.39, 0.29) is 46.0 Å². The third-order valence-electron chi connectivity index (χ3n) is 5.60. The van der Waals surface area contributed by atoms with Gasteiger partial charge in [0.05, 0.1) is 17.3 Å². The van der Waals surface area contributed by atoms with Gasteiger partial charge in [0.1, 0.15) is 17.1 Å². The number of ether oxygens (including phenoxy) is 1. The summed E-state index contributed by atoms with van der Waals surface area (Å²) in [5, 5.41) is 32.7. The van der Waals surface area contributed by atoms with Crippen LogP contribution in [0.2, 0.25) is 5.02 Å². The van der Waals surface area contributed by atoms with Crippen molar-refractivity contribution in [1.29, 1.82) is 0 Å². The van der Waals surface area contributed by atoms with Gasteiger partial charge in [-0.1, -0.05) is 34.5 Å². The molecule has 1 atom stereocenters. The zero-order valence-electron chi connectivity index (χ0n) is 18.1. The molecule has 7 heteroatoms. The molecule has 0 saturated carbocycles. The summed E-state index contributed by atoms with van der Waals surface area (Å²) in [6.45, 7) is 9.18. The third kappa shape index (κ3) is 5.24. The molecule has 1 aromatic rings. The number of nitrogens with zero attached hydrogens (tertiary/aromatic N) is 1. The number of ketones is 1. The quantitative estimate of drug-likeness (QED) is 0.236. The van der Waals surface area contributed by atoms with Crippen molar-refractivity contribution in [2.24, 2.45) is 5.16 Å². The van der Waals surface area contributed by atoms with Gasteiger partial charge in [0, 0.05) is 17.5 Å². The first kappa shape index (κ1) is 24.0. The van der Waals surface area contributed by atoms with E-state index >= 15 is 0 Å². The lowest BCUT2D eigenvalue weighted by atomic mass is 9.98. The fraction of sp³-hybridized carbons (Fsp3) is 0.478. The number of carbonyl (C=O) groups excluding carboxylic acids is 1. The number of hydrogen-bond donors (Lipinski definition) is 3. The molecule has 1 aliphatic heterocycles. The standard InChI is InChI=1S/C23H30ClNO5/c1-13(7-6-8-14(2)18-11-19(26)23(4,5)30-18)9-10-16-21(27)17(12-25-29)15(3)20(24)22(16)28/h8-9,12,18,27-29H,6-7,10-11H2,1-5H3/b13-9+,14-8+,25-12?. The molecule has 0 bridgehead atoms. The summed E-state index contributed by atoms with van der Waals surface area (Å²) < 4.78 is 5.83. The van der Waals surface area contributed by atoms with Crippen molar-refractivity contribution in [3.05, 3.63) is 45.0 Å². The molecule has 0 aliphatic carbocycles. The van der Waals surface area contributed by atoms with Crippen molar-refractivity contribution in [1.82, 2.24) is 0 Å². The number of halogens is 1. The SMILES string of the molecule is C/C(=C\Cc1c(O)c(Cl)c(C)c(C=NO)c1O)CC/C=C(\C)C1CC(=O)C(C)(C)O1. The lowest BCUT2D eigenvalue weighted by Gasteiger charge is -2.18. The molecule has 6 nitrogen and oxygen atoms in total. The molecule has 0 radical (unpaired) electrons. The van der Waals surface area contributed by atoms with Crippen molar-refractivity contribution in [2.45, 2.75) is 72.0 Å². The van der Waals surface area contributed by atoms with Crippen LogP contribution in [-0.4, -0.2) is 39.1 Å². The zero-order valence-corrected chi connectivity index (χ0v) is 18.9. The summed E-state index contributed by atoms with van der Waals surface area (Å²) >= 11 is 6.15. The lowest BCUT2D eigenvalue weighted by molar-refractivity contribution is -0.129. The van der Waals surface area contributed by atoms with Crippen LogP contribution in [0.25, 0.3) is 0 Å². The highest BCUT2D eigenvalue weighted by atomic mass is 35.5. The van der Waals surface area contributed by atoms with Crippen molar-refractivity contribution >= 4 is 23.6 Å². The summed E-state index contributed by atoms with van der Waals surface area (Å²) in [7, 11) is 0. The average Bonchev–Trinajstić information content (AvgIpc) is 2.96. The van der Waals surface area contributed by atoms with Gasteiger partial charge in [-0.3, -0.25) is 4.79 Å². The second-order valence-electron chi connectivity index (χ2n) is 8.26. The summed E-state index contributed by atoms with van der Waals surface area (Å²) in [6, 6.07) is 0. The molecule has 2 rings (SSSR count). The monoisotopic (exact) mass is 435 g/mol. The van der Waals surface area contributed by atoms with Crippen LogP contribution in [0, 0.1) is 6.92 Å². The molecule has 1 fully saturated rings. The van der Waals surface area contributed by atoms with E-state index in [2.05, 4.69) is 11.2 Å². The number of Topliss-reactive ketones (excluding diaryl/α,β-unsaturated/α-hetero) is 1. The van der Waals surface area contributed by atoms with E-state index in [0.717, 1.165) is 30.2 Å². The fourth-order valence-electron chi connectivity index (χ4n) is 3.46. The Morgan fingerprint density at radius 2 is 1.93 bits per heavy atom. The zero-order chi connectivity index (χ0) is 22.6. The summed E-state index contributed by atoms with van der Waals surface area (Å²) in [5.74, 6) is -0.205. The Balaban J connectivity index is 2.05. The van der Waals surface area contributed by atoms with E-state index in [9.17, 15) is 15.0 Å². The topological polar surface area (TPSA) is 99.4 Å². The Morgan fingerprint density at radius 1 is 1.27 bits per heavy atom. The first-order valence-electron chi connectivity index (χ1n) is 9.93. The molecule has 1 heterocycles. The molecule has 1 aromatic carbocycles. The number of carbonyl (C=O) groups is 1. The van der Waals surface area contributed by atoms with E-state index in [4.69, 9.17) is 21.5 Å². The summed E-state index contributed by atoms with van der Waals surface area (Å²) in [6.07, 6.45) is 7.22. The van der Waals surface area contributed by atoms with Gasteiger partial charge in [0.25, 0.3) is 0 Å². The second kappa shape index (κ2) is 9.67. The van der Waals surface area contributed by atoms with Crippen LogP contribution < -0.4 is 0 Å². The highest BCUT2D eigenvalue weighted by Crippen LogP contribution is 2.40. The highest BCUT2D eigenvalue weighted by molar-refractivity contribution is 6.33. The number of phenols is 2. The van der Waals surface area contributed by atoms with Gasteiger partial charge in [-0.25, -0.2) is 0 Å². The molecule has 3 N–H and O–H groups in total. The van der Waals surface area contributed by atoms with Crippen LogP contribution in [0.3, 0.4) is 0 Å². The van der Waals surface area contributed by atoms with Gasteiger partial charge >= 0.3 is 0 Å². The van der Waals surface area contributed by atoms with Gasteiger partial charge in [0.15, 0.2) is 5.78 Å². The smallest absolute Gasteiger partial charge is 0.167 e. The predicted molar refractivity (Wildman–Crippen MR) is 118 cm³/mol. The van der Waals surface area contributed by atoms with E-state index in [1.54, 1.807) is 20.8 Å². The van der Waals surface area contributed by atoms with E-state index in [1.165, 1.54) is 0 Å². The molecule has 1 unspecified atom stereocenters. The van der Waals surface area contributed by atoms with Crippen molar-refractivity contribution in [3.63, 3.8) is 0 Å². The minimum Gasteiger partial charge on any atom is -0.507 e. The minimum absolute atomic E-state index is 0.122. The first-order chi connectivity index (χ1) is 14.0. The number of hydrogen-bond acceptors (Lipinski definition) is 6.